The van der Waals surface area contributed by atoms with Crippen molar-refractivity contribution in [2.24, 2.45) is 17.8 Å². The average molecular weight is 366 g/mol. The van der Waals surface area contributed by atoms with Gasteiger partial charge in [-0.05, 0) is 18.3 Å². The molecule has 0 aliphatic carbocycles. The Kier molecular flexibility index (Phi) is 7.60. The molecule has 144 valence electrons. The van der Waals surface area contributed by atoms with Crippen molar-refractivity contribution in [3.63, 3.8) is 0 Å². The molecule has 0 aliphatic rings. The smallest absolute Gasteiger partial charge is 0.426 e. The third-order valence-electron chi connectivity index (χ3n) is 3.85. The molecule has 0 fully saturated rings. The molecule has 0 aromatic carbocycles. The third-order valence-corrected chi connectivity index (χ3v) is 3.85. The summed E-state index contributed by atoms with van der Waals surface area (Å²) in [5, 5.41) is 9.29. The molecule has 1 N–H and O–H groups in total. The Hall–Kier alpha value is -0.990. The molecular weight excluding hydrogens is 342 g/mol. The Morgan fingerprint density at radius 2 is 1.38 bits per heavy atom. The molecule has 2 unspecified atom stereocenters. The van der Waals surface area contributed by atoms with Crippen LogP contribution in [0.2, 0.25) is 0 Å². The highest BCUT2D eigenvalue weighted by Crippen LogP contribution is 2.46. The molecule has 0 spiro atoms. The van der Waals surface area contributed by atoms with Gasteiger partial charge >= 0.3 is 18.3 Å². The number of esters is 1. The number of halogens is 6. The maximum Gasteiger partial charge on any atom is 0.426 e. The van der Waals surface area contributed by atoms with E-state index >= 15 is 0 Å². The molecule has 0 saturated heterocycles. The van der Waals surface area contributed by atoms with E-state index in [1.165, 1.54) is 6.92 Å². The van der Waals surface area contributed by atoms with Gasteiger partial charge in [-0.3, -0.25) is 4.79 Å². The van der Waals surface area contributed by atoms with Gasteiger partial charge in [0, 0.05) is 6.42 Å². The van der Waals surface area contributed by atoms with E-state index in [4.69, 9.17) is 4.74 Å². The van der Waals surface area contributed by atoms with Crippen molar-refractivity contribution >= 4 is 5.97 Å². The predicted octanol–water partition coefficient (Wildman–Crippen LogP) is 4.48. The normalized spacial score (nSPS) is 16.4. The lowest BCUT2D eigenvalue weighted by Crippen LogP contribution is -2.58. The molecule has 0 radical (unpaired) electrons. The number of hydrogen-bond donors (Lipinski definition) is 1. The summed E-state index contributed by atoms with van der Waals surface area (Å²) >= 11 is 0. The zero-order valence-electron chi connectivity index (χ0n) is 14.3. The molecule has 3 nitrogen and oxygen atoms in total. The third kappa shape index (κ3) is 5.82. The Balaban J connectivity index is 5.49. The van der Waals surface area contributed by atoms with E-state index in [1.807, 2.05) is 0 Å². The van der Waals surface area contributed by atoms with Crippen LogP contribution in [0, 0.1) is 17.8 Å². The first-order valence-corrected chi connectivity index (χ1v) is 7.59. The fraction of sp³-hybridized carbons (Fsp3) is 0.933. The largest absolute Gasteiger partial charge is 0.462 e. The summed E-state index contributed by atoms with van der Waals surface area (Å²) in [5.74, 6) is -2.10. The minimum absolute atomic E-state index is 0.193. The van der Waals surface area contributed by atoms with Gasteiger partial charge in [0.05, 0.1) is 5.92 Å². The van der Waals surface area contributed by atoms with Crippen molar-refractivity contribution in [2.75, 3.05) is 0 Å². The van der Waals surface area contributed by atoms with Gasteiger partial charge in [0.25, 0.3) is 5.60 Å². The summed E-state index contributed by atoms with van der Waals surface area (Å²) in [6, 6.07) is 0. The molecule has 0 rings (SSSR count). The number of aliphatic hydroxyl groups is 1. The van der Waals surface area contributed by atoms with Crippen LogP contribution in [0.5, 0.6) is 0 Å². The molecule has 0 amide bonds. The van der Waals surface area contributed by atoms with E-state index < -0.39 is 42.4 Å². The van der Waals surface area contributed by atoms with Crippen LogP contribution >= 0.6 is 0 Å². The molecule has 0 aromatic rings. The number of carbonyl (C=O) groups excluding carboxylic acids is 1. The minimum Gasteiger partial charge on any atom is -0.462 e. The van der Waals surface area contributed by atoms with Gasteiger partial charge in [-0.2, -0.15) is 26.3 Å². The first-order chi connectivity index (χ1) is 10.5. The van der Waals surface area contributed by atoms with E-state index in [9.17, 15) is 36.2 Å². The number of alkyl halides is 6. The summed E-state index contributed by atoms with van der Waals surface area (Å²) in [6.07, 6.45) is -15.6. The van der Waals surface area contributed by atoms with Crippen LogP contribution in [0.1, 0.15) is 47.5 Å². The molecule has 0 bridgehead atoms. The van der Waals surface area contributed by atoms with Gasteiger partial charge in [-0.15, -0.1) is 0 Å². The number of ether oxygens (including phenoxy) is 1. The van der Waals surface area contributed by atoms with E-state index in [2.05, 4.69) is 0 Å². The van der Waals surface area contributed by atoms with Crippen molar-refractivity contribution in [1.29, 1.82) is 0 Å². The maximum atomic E-state index is 12.8. The Morgan fingerprint density at radius 1 is 0.958 bits per heavy atom. The van der Waals surface area contributed by atoms with Crippen LogP contribution in [0.15, 0.2) is 0 Å². The molecule has 0 aliphatic heterocycles. The quantitative estimate of drug-likeness (QED) is 0.534. The lowest BCUT2D eigenvalue weighted by atomic mass is 9.90. The van der Waals surface area contributed by atoms with Crippen molar-refractivity contribution in [2.45, 2.75) is 71.5 Å². The monoisotopic (exact) mass is 366 g/mol. The van der Waals surface area contributed by atoms with Gasteiger partial charge in [-0.1, -0.05) is 34.6 Å². The van der Waals surface area contributed by atoms with Crippen LogP contribution in [0.4, 0.5) is 26.3 Å². The topological polar surface area (TPSA) is 46.5 Å². The second-order valence-corrected chi connectivity index (χ2v) is 6.78. The molecule has 9 heteroatoms. The van der Waals surface area contributed by atoms with E-state index in [-0.39, 0.29) is 18.3 Å². The average Bonchev–Trinajstić information content (AvgIpc) is 2.33. The fourth-order valence-electron chi connectivity index (χ4n) is 1.96. The lowest BCUT2D eigenvalue weighted by Gasteiger charge is -2.35. The van der Waals surface area contributed by atoms with Crippen LogP contribution in [-0.2, 0) is 9.53 Å². The highest BCUT2D eigenvalue weighted by Gasteiger charge is 2.70. The predicted molar refractivity (Wildman–Crippen MR) is 75.0 cm³/mol. The summed E-state index contributed by atoms with van der Waals surface area (Å²) < 4.78 is 81.7. The molecule has 0 heterocycles. The molecule has 2 atom stereocenters. The molecule has 0 aromatic heterocycles. The van der Waals surface area contributed by atoms with Crippen LogP contribution in [0.25, 0.3) is 0 Å². The highest BCUT2D eigenvalue weighted by molar-refractivity contribution is 5.72. The van der Waals surface area contributed by atoms with Crippen molar-refractivity contribution < 1.29 is 41.0 Å². The second kappa shape index (κ2) is 7.93. The number of hydrogen-bond acceptors (Lipinski definition) is 3. The van der Waals surface area contributed by atoms with Gasteiger partial charge in [0.1, 0.15) is 6.10 Å². The number of carbonyl (C=O) groups is 1. The second-order valence-electron chi connectivity index (χ2n) is 6.78. The van der Waals surface area contributed by atoms with Crippen LogP contribution in [-0.4, -0.2) is 35.1 Å². The zero-order chi connectivity index (χ0) is 19.5. The SMILES string of the molecule is CC(C)CC(CC(O)(C(F)(F)F)C(F)(F)F)OC(=O)C(C)C(C)C. The first kappa shape index (κ1) is 23.0. The maximum absolute atomic E-state index is 12.8. The highest BCUT2D eigenvalue weighted by atomic mass is 19.4. The summed E-state index contributed by atoms with van der Waals surface area (Å²) in [7, 11) is 0. The van der Waals surface area contributed by atoms with Crippen molar-refractivity contribution in [3.05, 3.63) is 0 Å². The summed E-state index contributed by atoms with van der Waals surface area (Å²) in [6.45, 7) is 7.94. The Bertz CT molecular complexity index is 400. The van der Waals surface area contributed by atoms with Gasteiger partial charge < -0.3 is 9.84 Å². The van der Waals surface area contributed by atoms with E-state index in [0.717, 1.165) is 0 Å². The molecule has 0 saturated carbocycles. The molecule has 24 heavy (non-hydrogen) atoms. The summed E-state index contributed by atoms with van der Waals surface area (Å²) in [5.41, 5.74) is -4.93. The first-order valence-electron chi connectivity index (χ1n) is 7.59. The minimum atomic E-state index is -5.93. The van der Waals surface area contributed by atoms with E-state index in [0.29, 0.717) is 0 Å². The van der Waals surface area contributed by atoms with Gasteiger partial charge in [0.15, 0.2) is 0 Å². The van der Waals surface area contributed by atoms with Crippen LogP contribution < -0.4 is 0 Å². The summed E-state index contributed by atoms with van der Waals surface area (Å²) in [4.78, 5) is 11.9. The zero-order valence-corrected chi connectivity index (χ0v) is 14.3. The molecular formula is C15H24F6O3. The Labute approximate surface area is 137 Å². The van der Waals surface area contributed by atoms with Gasteiger partial charge in [0.2, 0.25) is 0 Å². The van der Waals surface area contributed by atoms with Crippen molar-refractivity contribution in [3.8, 4) is 0 Å². The van der Waals surface area contributed by atoms with Gasteiger partial charge in [-0.25, -0.2) is 0 Å². The fourth-order valence-corrected chi connectivity index (χ4v) is 1.96. The lowest BCUT2D eigenvalue weighted by molar-refractivity contribution is -0.374. The number of rotatable bonds is 7. The van der Waals surface area contributed by atoms with E-state index in [1.54, 1.807) is 27.7 Å². The Morgan fingerprint density at radius 3 is 1.67 bits per heavy atom. The van der Waals surface area contributed by atoms with Crippen LogP contribution in [0.3, 0.4) is 0 Å². The van der Waals surface area contributed by atoms with Crippen molar-refractivity contribution in [1.82, 2.24) is 0 Å². The standard InChI is InChI=1S/C15H24F6O3/c1-8(2)6-11(24-12(22)10(5)9(3)4)7-13(23,14(16,17)18)15(19,20)21/h8-11,23H,6-7H2,1-5H3.